The molecular formula is C22H21Cl2FN2O3. The van der Waals surface area contributed by atoms with Crippen LogP contribution in [0.1, 0.15) is 41.9 Å². The fraction of sp³-hybridized carbons (Fsp3) is 0.273. The van der Waals surface area contributed by atoms with Gasteiger partial charge in [-0.25, -0.2) is 4.39 Å². The number of halogens is 3. The van der Waals surface area contributed by atoms with Crippen molar-refractivity contribution in [2.75, 3.05) is 0 Å². The Kier molecular flexibility index (Phi) is 6.38. The highest BCUT2D eigenvalue weighted by Crippen LogP contribution is 2.33. The molecule has 30 heavy (non-hydrogen) atoms. The van der Waals surface area contributed by atoms with Crippen LogP contribution in [0.5, 0.6) is 5.75 Å². The van der Waals surface area contributed by atoms with E-state index in [1.54, 1.807) is 6.92 Å². The third kappa shape index (κ3) is 4.16. The van der Waals surface area contributed by atoms with Gasteiger partial charge in [0.15, 0.2) is 11.6 Å². The van der Waals surface area contributed by atoms with E-state index in [1.807, 2.05) is 13.8 Å². The summed E-state index contributed by atoms with van der Waals surface area (Å²) in [6.07, 6.45) is 0.758. The number of nitrogens with one attached hydrogen (secondary N) is 1. The molecule has 5 nitrogen and oxygen atoms in total. The number of aromatic hydroxyl groups is 1. The molecule has 2 N–H and O–H groups in total. The van der Waals surface area contributed by atoms with Crippen molar-refractivity contribution in [3.05, 3.63) is 63.0 Å². The van der Waals surface area contributed by atoms with Gasteiger partial charge in [-0.1, -0.05) is 30.1 Å². The fourth-order valence-electron chi connectivity index (χ4n) is 3.32. The molecule has 1 heterocycles. The molecule has 3 aromatic rings. The van der Waals surface area contributed by atoms with Gasteiger partial charge in [0.1, 0.15) is 0 Å². The van der Waals surface area contributed by atoms with E-state index in [4.69, 9.17) is 23.2 Å². The zero-order valence-electron chi connectivity index (χ0n) is 16.7. The minimum absolute atomic E-state index is 0.00477. The summed E-state index contributed by atoms with van der Waals surface area (Å²) in [5, 5.41) is 13.7. The SMILES string of the molecule is CCC(C)NC(=O)Cc1c(C)n(C(=O)c2ccc(Cl)c(Cl)c2)c2cc(F)c(O)cc12. The quantitative estimate of drug-likeness (QED) is 0.557. The number of hydrogen-bond acceptors (Lipinski definition) is 3. The van der Waals surface area contributed by atoms with E-state index in [0.717, 1.165) is 12.5 Å². The lowest BCUT2D eigenvalue weighted by Gasteiger charge is -2.12. The van der Waals surface area contributed by atoms with E-state index >= 15 is 0 Å². The van der Waals surface area contributed by atoms with Crippen LogP contribution in [0.4, 0.5) is 4.39 Å². The minimum Gasteiger partial charge on any atom is -0.505 e. The van der Waals surface area contributed by atoms with Crippen LogP contribution in [0.25, 0.3) is 10.9 Å². The summed E-state index contributed by atoms with van der Waals surface area (Å²) in [6.45, 7) is 5.53. The van der Waals surface area contributed by atoms with Crippen molar-refractivity contribution in [3.8, 4) is 5.75 Å². The van der Waals surface area contributed by atoms with E-state index < -0.39 is 17.5 Å². The standard InChI is InChI=1S/C22H21Cl2FN2O3/c1-4-11(2)26-21(29)9-14-12(3)27(19-10-18(25)20(28)8-15(14)19)22(30)13-5-6-16(23)17(24)7-13/h5-8,10-11,28H,4,9H2,1-3H3,(H,26,29). The van der Waals surface area contributed by atoms with Crippen molar-refractivity contribution in [1.29, 1.82) is 0 Å². The Morgan fingerprint density at radius 1 is 1.20 bits per heavy atom. The van der Waals surface area contributed by atoms with Gasteiger partial charge in [0.05, 0.1) is 22.0 Å². The number of fused-ring (bicyclic) bond motifs is 1. The first-order valence-corrected chi connectivity index (χ1v) is 10.2. The fourth-order valence-corrected chi connectivity index (χ4v) is 3.62. The summed E-state index contributed by atoms with van der Waals surface area (Å²) in [5.41, 5.74) is 1.53. The molecular weight excluding hydrogens is 430 g/mol. The molecule has 0 fully saturated rings. The van der Waals surface area contributed by atoms with Gasteiger partial charge in [-0.15, -0.1) is 0 Å². The summed E-state index contributed by atoms with van der Waals surface area (Å²) in [4.78, 5) is 25.7. The van der Waals surface area contributed by atoms with Crippen molar-refractivity contribution in [2.24, 2.45) is 0 Å². The topological polar surface area (TPSA) is 71.3 Å². The van der Waals surface area contributed by atoms with Crippen LogP contribution in [0.2, 0.25) is 10.0 Å². The van der Waals surface area contributed by atoms with Crippen LogP contribution in [0.3, 0.4) is 0 Å². The molecule has 3 rings (SSSR count). The van der Waals surface area contributed by atoms with Crippen LogP contribution in [-0.2, 0) is 11.2 Å². The molecule has 0 aliphatic carbocycles. The Morgan fingerprint density at radius 3 is 2.53 bits per heavy atom. The van der Waals surface area contributed by atoms with Gasteiger partial charge in [0.25, 0.3) is 5.91 Å². The molecule has 1 aromatic heterocycles. The maximum absolute atomic E-state index is 14.1. The van der Waals surface area contributed by atoms with Gasteiger partial charge >= 0.3 is 0 Å². The Labute approximate surface area is 183 Å². The molecule has 0 aliphatic heterocycles. The number of carbonyl (C=O) groups excluding carboxylic acids is 2. The average molecular weight is 451 g/mol. The van der Waals surface area contributed by atoms with Gasteiger partial charge < -0.3 is 10.4 Å². The van der Waals surface area contributed by atoms with Crippen LogP contribution < -0.4 is 5.32 Å². The van der Waals surface area contributed by atoms with Crippen molar-refractivity contribution >= 4 is 45.9 Å². The molecule has 0 aliphatic rings. The Morgan fingerprint density at radius 2 is 1.90 bits per heavy atom. The Hall–Kier alpha value is -2.57. The van der Waals surface area contributed by atoms with Gasteiger partial charge in [0.2, 0.25) is 5.91 Å². The van der Waals surface area contributed by atoms with Gasteiger partial charge in [0, 0.05) is 28.8 Å². The highest BCUT2D eigenvalue weighted by molar-refractivity contribution is 6.42. The van der Waals surface area contributed by atoms with Gasteiger partial charge in [-0.3, -0.25) is 14.2 Å². The van der Waals surface area contributed by atoms with Crippen molar-refractivity contribution in [1.82, 2.24) is 9.88 Å². The van der Waals surface area contributed by atoms with E-state index in [9.17, 15) is 19.1 Å². The number of amides is 1. The zero-order chi connectivity index (χ0) is 22.2. The van der Waals surface area contributed by atoms with Crippen LogP contribution >= 0.6 is 23.2 Å². The maximum Gasteiger partial charge on any atom is 0.262 e. The van der Waals surface area contributed by atoms with Gasteiger partial charge in [-0.05, 0) is 50.1 Å². The molecule has 0 spiro atoms. The monoisotopic (exact) mass is 450 g/mol. The summed E-state index contributed by atoms with van der Waals surface area (Å²) < 4.78 is 15.5. The molecule has 1 atom stereocenters. The lowest BCUT2D eigenvalue weighted by Crippen LogP contribution is -2.33. The highest BCUT2D eigenvalue weighted by Gasteiger charge is 2.23. The first-order valence-electron chi connectivity index (χ1n) is 9.45. The largest absolute Gasteiger partial charge is 0.505 e. The molecule has 1 amide bonds. The molecule has 0 radical (unpaired) electrons. The van der Waals surface area contributed by atoms with Crippen molar-refractivity contribution in [2.45, 2.75) is 39.7 Å². The smallest absolute Gasteiger partial charge is 0.262 e. The molecule has 2 aromatic carbocycles. The summed E-state index contributed by atoms with van der Waals surface area (Å²) in [6, 6.07) is 6.78. The molecule has 0 saturated carbocycles. The first-order chi connectivity index (χ1) is 14.1. The molecule has 0 saturated heterocycles. The number of rotatable bonds is 5. The normalized spacial score (nSPS) is 12.2. The molecule has 1 unspecified atom stereocenters. The van der Waals surface area contributed by atoms with E-state index in [1.165, 1.54) is 28.8 Å². The highest BCUT2D eigenvalue weighted by atomic mass is 35.5. The third-order valence-corrected chi connectivity index (χ3v) is 5.87. The first kappa shape index (κ1) is 22.1. The second-order valence-electron chi connectivity index (χ2n) is 7.21. The number of aromatic nitrogens is 1. The van der Waals surface area contributed by atoms with Crippen LogP contribution in [0.15, 0.2) is 30.3 Å². The second-order valence-corrected chi connectivity index (χ2v) is 8.02. The summed E-state index contributed by atoms with van der Waals surface area (Å²) >= 11 is 12.0. The summed E-state index contributed by atoms with van der Waals surface area (Å²) in [7, 11) is 0. The number of nitrogens with zero attached hydrogens (tertiary/aromatic N) is 1. The van der Waals surface area contributed by atoms with Crippen LogP contribution in [0, 0.1) is 12.7 Å². The number of phenolic OH excluding ortho intramolecular Hbond substituents is 1. The maximum atomic E-state index is 14.1. The van der Waals surface area contributed by atoms with Crippen LogP contribution in [-0.4, -0.2) is 27.5 Å². The Bertz CT molecular complexity index is 1160. The molecule has 0 bridgehead atoms. The number of hydrogen-bond donors (Lipinski definition) is 2. The van der Waals surface area contributed by atoms with E-state index in [-0.39, 0.29) is 34.5 Å². The van der Waals surface area contributed by atoms with Crippen molar-refractivity contribution in [3.63, 3.8) is 0 Å². The lowest BCUT2D eigenvalue weighted by atomic mass is 10.1. The van der Waals surface area contributed by atoms with E-state index in [2.05, 4.69) is 5.32 Å². The van der Waals surface area contributed by atoms with Gasteiger partial charge in [-0.2, -0.15) is 0 Å². The predicted octanol–water partition coefficient (Wildman–Crippen LogP) is 5.25. The predicted molar refractivity (Wildman–Crippen MR) is 116 cm³/mol. The second kappa shape index (κ2) is 8.66. The molecule has 8 heteroatoms. The number of benzene rings is 2. The number of phenols is 1. The third-order valence-electron chi connectivity index (χ3n) is 5.13. The summed E-state index contributed by atoms with van der Waals surface area (Å²) in [5.74, 6) is -2.09. The minimum atomic E-state index is -0.862. The number of carbonyl (C=O) groups is 2. The molecule has 158 valence electrons. The lowest BCUT2D eigenvalue weighted by molar-refractivity contribution is -0.121. The zero-order valence-corrected chi connectivity index (χ0v) is 18.2. The van der Waals surface area contributed by atoms with Crippen molar-refractivity contribution < 1.29 is 19.1 Å². The average Bonchev–Trinajstić information content (AvgIpc) is 2.94. The Balaban J connectivity index is 2.15. The van der Waals surface area contributed by atoms with E-state index in [0.29, 0.717) is 21.7 Å².